The summed E-state index contributed by atoms with van der Waals surface area (Å²) in [5.74, 6) is -0.130. The molecular formula is C17H22N6O. The molecule has 0 saturated carbocycles. The number of amides is 1. The van der Waals surface area contributed by atoms with Gasteiger partial charge in [-0.25, -0.2) is 4.98 Å². The van der Waals surface area contributed by atoms with Gasteiger partial charge >= 0.3 is 0 Å². The van der Waals surface area contributed by atoms with Crippen LogP contribution in [0.1, 0.15) is 47.2 Å². The quantitative estimate of drug-likeness (QED) is 0.798. The molecule has 1 N–H and O–H groups in total. The van der Waals surface area contributed by atoms with Crippen molar-refractivity contribution in [2.24, 2.45) is 7.05 Å². The number of hydrogen-bond donors (Lipinski definition) is 1. The fourth-order valence-corrected chi connectivity index (χ4v) is 2.98. The lowest BCUT2D eigenvalue weighted by Gasteiger charge is -2.14. The molecule has 0 radical (unpaired) electrons. The van der Waals surface area contributed by atoms with Crippen LogP contribution in [0.5, 0.6) is 0 Å². The average molecular weight is 326 g/mol. The molecule has 7 heteroatoms. The number of hydrogen-bond acceptors (Lipinski definition) is 4. The van der Waals surface area contributed by atoms with Crippen LogP contribution in [0.25, 0.3) is 11.0 Å². The first-order chi connectivity index (χ1) is 11.4. The Kier molecular flexibility index (Phi) is 4.09. The summed E-state index contributed by atoms with van der Waals surface area (Å²) in [5.41, 5.74) is 4.20. The van der Waals surface area contributed by atoms with Crippen molar-refractivity contribution in [3.8, 4) is 0 Å². The Labute approximate surface area is 140 Å². The summed E-state index contributed by atoms with van der Waals surface area (Å²) in [6.45, 7) is 8.72. The predicted octanol–water partition coefficient (Wildman–Crippen LogP) is 2.29. The smallest absolute Gasteiger partial charge is 0.252 e. The van der Waals surface area contributed by atoms with Crippen molar-refractivity contribution >= 4 is 16.9 Å². The fourth-order valence-electron chi connectivity index (χ4n) is 2.98. The molecule has 0 spiro atoms. The Hall–Kier alpha value is -2.70. The van der Waals surface area contributed by atoms with E-state index in [4.69, 9.17) is 0 Å². The van der Waals surface area contributed by atoms with E-state index in [1.807, 2.05) is 45.6 Å². The Morgan fingerprint density at radius 2 is 2.04 bits per heavy atom. The molecule has 126 valence electrons. The second-order valence-corrected chi connectivity index (χ2v) is 6.01. The van der Waals surface area contributed by atoms with Gasteiger partial charge < -0.3 is 5.32 Å². The van der Waals surface area contributed by atoms with Gasteiger partial charge in [0.1, 0.15) is 0 Å². The maximum Gasteiger partial charge on any atom is 0.252 e. The largest absolute Gasteiger partial charge is 0.345 e. The summed E-state index contributed by atoms with van der Waals surface area (Å²) < 4.78 is 3.60. The van der Waals surface area contributed by atoms with E-state index in [9.17, 15) is 4.79 Å². The van der Waals surface area contributed by atoms with E-state index in [1.165, 1.54) is 0 Å². The fraction of sp³-hybridized carbons (Fsp3) is 0.412. The number of carbonyl (C=O) groups excluding carboxylic acids is 1. The molecule has 7 nitrogen and oxygen atoms in total. The molecule has 3 rings (SSSR count). The molecule has 0 unspecified atom stereocenters. The van der Waals surface area contributed by atoms with E-state index in [2.05, 4.69) is 20.5 Å². The summed E-state index contributed by atoms with van der Waals surface area (Å²) >= 11 is 0. The minimum absolute atomic E-state index is 0.127. The third kappa shape index (κ3) is 2.66. The van der Waals surface area contributed by atoms with Crippen LogP contribution in [0.15, 0.2) is 18.5 Å². The molecule has 0 saturated heterocycles. The van der Waals surface area contributed by atoms with E-state index in [0.29, 0.717) is 11.2 Å². The van der Waals surface area contributed by atoms with Crippen molar-refractivity contribution in [2.45, 2.75) is 40.3 Å². The normalized spacial score (nSPS) is 12.5. The van der Waals surface area contributed by atoms with Gasteiger partial charge in [-0.05, 0) is 33.8 Å². The molecule has 3 aromatic rings. The molecular weight excluding hydrogens is 304 g/mol. The van der Waals surface area contributed by atoms with Crippen LogP contribution in [0, 0.1) is 13.8 Å². The van der Waals surface area contributed by atoms with Crippen LogP contribution < -0.4 is 5.32 Å². The van der Waals surface area contributed by atoms with Gasteiger partial charge in [0.2, 0.25) is 0 Å². The van der Waals surface area contributed by atoms with Gasteiger partial charge in [0.05, 0.1) is 29.4 Å². The van der Waals surface area contributed by atoms with Crippen LogP contribution in [-0.2, 0) is 13.6 Å². The van der Waals surface area contributed by atoms with Crippen LogP contribution in [0.4, 0.5) is 0 Å². The molecule has 0 aliphatic carbocycles. The van der Waals surface area contributed by atoms with Crippen molar-refractivity contribution in [1.29, 1.82) is 0 Å². The number of fused-ring (bicyclic) bond motifs is 1. The van der Waals surface area contributed by atoms with Gasteiger partial charge in [0.25, 0.3) is 5.91 Å². The maximum atomic E-state index is 12.8. The summed E-state index contributed by atoms with van der Waals surface area (Å²) in [4.78, 5) is 17.2. The number of aryl methyl sites for hydroxylation is 3. The van der Waals surface area contributed by atoms with E-state index >= 15 is 0 Å². The second kappa shape index (κ2) is 6.07. The van der Waals surface area contributed by atoms with Crippen LogP contribution >= 0.6 is 0 Å². The molecule has 3 aromatic heterocycles. The van der Waals surface area contributed by atoms with Gasteiger partial charge in [-0.2, -0.15) is 10.2 Å². The summed E-state index contributed by atoms with van der Waals surface area (Å²) in [5, 5.41) is 12.4. The Morgan fingerprint density at radius 1 is 1.29 bits per heavy atom. The molecule has 3 heterocycles. The zero-order valence-electron chi connectivity index (χ0n) is 14.7. The van der Waals surface area contributed by atoms with Crippen molar-refractivity contribution in [3.63, 3.8) is 0 Å². The third-order valence-electron chi connectivity index (χ3n) is 4.33. The van der Waals surface area contributed by atoms with E-state index in [0.717, 1.165) is 28.9 Å². The van der Waals surface area contributed by atoms with Crippen molar-refractivity contribution < 1.29 is 4.79 Å². The number of carbonyl (C=O) groups is 1. The maximum absolute atomic E-state index is 12.8. The predicted molar refractivity (Wildman–Crippen MR) is 91.8 cm³/mol. The molecule has 1 amide bonds. The number of pyridine rings is 1. The SMILES string of the molecule is CCn1ncc([C@H](C)NC(=O)c2cc(C)nc3c2cnn3C)c1C. The topological polar surface area (TPSA) is 77.6 Å². The minimum Gasteiger partial charge on any atom is -0.345 e. The number of nitrogens with one attached hydrogen (secondary N) is 1. The Balaban J connectivity index is 1.91. The molecule has 0 fully saturated rings. The second-order valence-electron chi connectivity index (χ2n) is 6.01. The molecule has 0 bridgehead atoms. The third-order valence-corrected chi connectivity index (χ3v) is 4.33. The summed E-state index contributed by atoms with van der Waals surface area (Å²) in [7, 11) is 1.82. The Morgan fingerprint density at radius 3 is 2.71 bits per heavy atom. The monoisotopic (exact) mass is 326 g/mol. The van der Waals surface area contributed by atoms with Gasteiger partial charge in [-0.3, -0.25) is 14.2 Å². The molecule has 0 aliphatic rings. The van der Waals surface area contributed by atoms with Crippen LogP contribution in [-0.4, -0.2) is 30.5 Å². The average Bonchev–Trinajstić information content (AvgIpc) is 3.10. The van der Waals surface area contributed by atoms with Crippen LogP contribution in [0.3, 0.4) is 0 Å². The van der Waals surface area contributed by atoms with Gasteiger partial charge in [0.15, 0.2) is 5.65 Å². The summed E-state index contributed by atoms with van der Waals surface area (Å²) in [6.07, 6.45) is 3.50. The Bertz CT molecular complexity index is 907. The first-order valence-corrected chi connectivity index (χ1v) is 8.04. The molecule has 1 atom stereocenters. The number of nitrogens with zero attached hydrogens (tertiary/aromatic N) is 5. The lowest BCUT2D eigenvalue weighted by Crippen LogP contribution is -2.27. The molecule has 0 aliphatic heterocycles. The number of aromatic nitrogens is 5. The van der Waals surface area contributed by atoms with Crippen LogP contribution in [0.2, 0.25) is 0 Å². The van der Waals surface area contributed by atoms with Gasteiger partial charge in [0, 0.05) is 30.5 Å². The highest BCUT2D eigenvalue weighted by atomic mass is 16.1. The highest BCUT2D eigenvalue weighted by molar-refractivity contribution is 6.05. The first kappa shape index (κ1) is 16.2. The lowest BCUT2D eigenvalue weighted by molar-refractivity contribution is 0.0941. The summed E-state index contributed by atoms with van der Waals surface area (Å²) in [6, 6.07) is 1.67. The lowest BCUT2D eigenvalue weighted by atomic mass is 10.1. The first-order valence-electron chi connectivity index (χ1n) is 8.04. The minimum atomic E-state index is -0.130. The van der Waals surface area contributed by atoms with Gasteiger partial charge in [-0.1, -0.05) is 0 Å². The van der Waals surface area contributed by atoms with E-state index in [1.54, 1.807) is 16.9 Å². The van der Waals surface area contributed by atoms with Crippen molar-refractivity contribution in [1.82, 2.24) is 29.9 Å². The highest BCUT2D eigenvalue weighted by Crippen LogP contribution is 2.21. The molecule has 24 heavy (non-hydrogen) atoms. The van der Waals surface area contributed by atoms with Crippen molar-refractivity contribution in [2.75, 3.05) is 0 Å². The standard InChI is InChI=1S/C17H22N6O/c1-6-23-12(4)14(8-19-23)11(3)21-17(24)13-7-10(2)20-16-15(13)9-18-22(16)5/h7-9,11H,6H2,1-5H3,(H,21,24)/t11-/m0/s1. The van der Waals surface area contributed by atoms with Crippen molar-refractivity contribution in [3.05, 3.63) is 41.0 Å². The zero-order chi connectivity index (χ0) is 17.4. The molecule has 0 aromatic carbocycles. The van der Waals surface area contributed by atoms with E-state index < -0.39 is 0 Å². The van der Waals surface area contributed by atoms with E-state index in [-0.39, 0.29) is 11.9 Å². The van der Waals surface area contributed by atoms with Gasteiger partial charge in [-0.15, -0.1) is 0 Å². The highest BCUT2D eigenvalue weighted by Gasteiger charge is 2.19. The number of rotatable bonds is 4. The zero-order valence-corrected chi connectivity index (χ0v) is 14.7.